The van der Waals surface area contributed by atoms with E-state index in [0.717, 1.165) is 22.5 Å². The van der Waals surface area contributed by atoms with Crippen molar-refractivity contribution in [3.63, 3.8) is 0 Å². The highest BCUT2D eigenvalue weighted by Crippen LogP contribution is 2.27. The second-order valence-corrected chi connectivity index (χ2v) is 7.28. The predicted octanol–water partition coefficient (Wildman–Crippen LogP) is 3.17. The highest BCUT2D eigenvalue weighted by atomic mass is 16.3. The van der Waals surface area contributed by atoms with Gasteiger partial charge < -0.3 is 19.9 Å². The van der Waals surface area contributed by atoms with Gasteiger partial charge in [-0.25, -0.2) is 4.98 Å². The summed E-state index contributed by atoms with van der Waals surface area (Å²) < 4.78 is 1.99. The third kappa shape index (κ3) is 3.73. The number of nitrogens with zero attached hydrogens (tertiary/aromatic N) is 3. The van der Waals surface area contributed by atoms with Crippen molar-refractivity contribution in [2.24, 2.45) is 7.05 Å². The lowest BCUT2D eigenvalue weighted by Gasteiger charge is -2.17. The van der Waals surface area contributed by atoms with Gasteiger partial charge in [-0.05, 0) is 49.6 Å². The number of anilines is 1. The third-order valence-corrected chi connectivity index (χ3v) is 5.34. The van der Waals surface area contributed by atoms with Crippen LogP contribution in [0.25, 0.3) is 11.0 Å². The van der Waals surface area contributed by atoms with E-state index in [2.05, 4.69) is 42.3 Å². The van der Waals surface area contributed by atoms with Gasteiger partial charge in [-0.3, -0.25) is 4.79 Å². The van der Waals surface area contributed by atoms with E-state index in [9.17, 15) is 4.79 Å². The van der Waals surface area contributed by atoms with Crippen molar-refractivity contribution >= 4 is 22.6 Å². The van der Waals surface area contributed by atoms with Gasteiger partial charge in [0.1, 0.15) is 11.3 Å². The summed E-state index contributed by atoms with van der Waals surface area (Å²) in [5, 5.41) is 12.6. The largest absolute Gasteiger partial charge is 0.395 e. The molecule has 0 radical (unpaired) electrons. The van der Waals surface area contributed by atoms with Gasteiger partial charge in [0.05, 0.1) is 17.8 Å². The van der Waals surface area contributed by atoms with Crippen LogP contribution in [-0.2, 0) is 13.6 Å². The van der Waals surface area contributed by atoms with Gasteiger partial charge in [-0.1, -0.05) is 18.2 Å². The summed E-state index contributed by atoms with van der Waals surface area (Å²) in [6.07, 6.45) is 0. The second-order valence-electron chi connectivity index (χ2n) is 7.28. The number of hydrogen-bond acceptors (Lipinski definition) is 4. The SMILES string of the molecule is Cc1cccc(C)c1CNc1cc(C(=O)N(C)CCO)cc2c1nc(C)n2C. The minimum Gasteiger partial charge on any atom is -0.395 e. The van der Waals surface area contributed by atoms with E-state index >= 15 is 0 Å². The summed E-state index contributed by atoms with van der Waals surface area (Å²) >= 11 is 0. The highest BCUT2D eigenvalue weighted by molar-refractivity contribution is 6.01. The zero-order valence-electron chi connectivity index (χ0n) is 17.2. The summed E-state index contributed by atoms with van der Waals surface area (Å²) in [5.41, 5.74) is 6.89. The lowest BCUT2D eigenvalue weighted by molar-refractivity contribution is 0.0767. The molecule has 0 fully saturated rings. The highest BCUT2D eigenvalue weighted by Gasteiger charge is 2.17. The van der Waals surface area contributed by atoms with Gasteiger partial charge in [0.2, 0.25) is 0 Å². The van der Waals surface area contributed by atoms with Crippen LogP contribution in [-0.4, -0.2) is 45.7 Å². The molecule has 28 heavy (non-hydrogen) atoms. The molecule has 0 bridgehead atoms. The number of carbonyl (C=O) groups is 1. The fraction of sp³-hybridized carbons (Fsp3) is 0.364. The molecule has 1 heterocycles. The van der Waals surface area contributed by atoms with E-state index in [4.69, 9.17) is 5.11 Å². The fourth-order valence-electron chi connectivity index (χ4n) is 3.45. The molecule has 0 saturated heterocycles. The summed E-state index contributed by atoms with van der Waals surface area (Å²) in [7, 11) is 3.65. The van der Waals surface area contributed by atoms with Crippen LogP contribution >= 0.6 is 0 Å². The topological polar surface area (TPSA) is 70.4 Å². The number of rotatable bonds is 6. The molecule has 6 heteroatoms. The van der Waals surface area contributed by atoms with E-state index < -0.39 is 0 Å². The maximum Gasteiger partial charge on any atom is 0.253 e. The fourth-order valence-corrected chi connectivity index (χ4v) is 3.45. The van der Waals surface area contributed by atoms with Crippen LogP contribution in [0.4, 0.5) is 5.69 Å². The van der Waals surface area contributed by atoms with Crippen LogP contribution < -0.4 is 5.32 Å². The van der Waals surface area contributed by atoms with Crippen molar-refractivity contribution < 1.29 is 9.90 Å². The molecule has 0 aliphatic heterocycles. The van der Waals surface area contributed by atoms with Gasteiger partial charge in [0.15, 0.2) is 0 Å². The number of amides is 1. The maximum absolute atomic E-state index is 12.8. The quantitative estimate of drug-likeness (QED) is 0.689. The Balaban J connectivity index is 2.02. The van der Waals surface area contributed by atoms with Crippen molar-refractivity contribution in [1.29, 1.82) is 0 Å². The van der Waals surface area contributed by atoms with E-state index in [1.54, 1.807) is 7.05 Å². The zero-order valence-corrected chi connectivity index (χ0v) is 17.2. The summed E-state index contributed by atoms with van der Waals surface area (Å²) in [6, 6.07) is 10.0. The van der Waals surface area contributed by atoms with E-state index in [-0.39, 0.29) is 12.5 Å². The molecule has 2 aromatic carbocycles. The van der Waals surface area contributed by atoms with Crippen LogP contribution in [0.1, 0.15) is 32.9 Å². The first-order valence-corrected chi connectivity index (χ1v) is 9.45. The molecule has 0 atom stereocenters. The Morgan fingerprint density at radius 1 is 1.21 bits per heavy atom. The molecule has 3 aromatic rings. The number of hydrogen-bond donors (Lipinski definition) is 2. The van der Waals surface area contributed by atoms with Crippen molar-refractivity contribution in [3.8, 4) is 0 Å². The number of carbonyl (C=O) groups excluding carboxylic acids is 1. The molecule has 1 amide bonds. The Kier molecular flexibility index (Phi) is 5.70. The van der Waals surface area contributed by atoms with Gasteiger partial charge in [0.25, 0.3) is 5.91 Å². The van der Waals surface area contributed by atoms with Crippen LogP contribution in [0.15, 0.2) is 30.3 Å². The third-order valence-electron chi connectivity index (χ3n) is 5.34. The molecular weight excluding hydrogens is 352 g/mol. The molecule has 0 unspecified atom stereocenters. The number of aryl methyl sites for hydroxylation is 4. The Labute approximate surface area is 165 Å². The first kappa shape index (κ1) is 19.9. The van der Waals surface area contributed by atoms with E-state index in [0.29, 0.717) is 18.7 Å². The molecule has 3 rings (SSSR count). The number of imidazole rings is 1. The van der Waals surface area contributed by atoms with E-state index in [1.165, 1.54) is 21.6 Å². The number of aromatic nitrogens is 2. The second kappa shape index (κ2) is 8.02. The number of aliphatic hydroxyl groups is 1. The summed E-state index contributed by atoms with van der Waals surface area (Å²) in [4.78, 5) is 19.0. The van der Waals surface area contributed by atoms with Gasteiger partial charge in [-0.15, -0.1) is 0 Å². The van der Waals surface area contributed by atoms with Crippen LogP contribution in [0.3, 0.4) is 0 Å². The molecule has 0 aliphatic rings. The summed E-state index contributed by atoms with van der Waals surface area (Å²) in [5.74, 6) is 0.767. The van der Waals surface area contributed by atoms with Crippen LogP contribution in [0.5, 0.6) is 0 Å². The molecule has 0 spiro atoms. The van der Waals surface area contributed by atoms with Crippen LogP contribution in [0, 0.1) is 20.8 Å². The smallest absolute Gasteiger partial charge is 0.253 e. The van der Waals surface area contributed by atoms with Gasteiger partial charge in [-0.2, -0.15) is 0 Å². The predicted molar refractivity (Wildman–Crippen MR) is 113 cm³/mol. The Morgan fingerprint density at radius 2 is 1.89 bits per heavy atom. The molecule has 148 valence electrons. The molecule has 1 aromatic heterocycles. The lowest BCUT2D eigenvalue weighted by atomic mass is 10.0. The van der Waals surface area contributed by atoms with Crippen LogP contribution in [0.2, 0.25) is 0 Å². The van der Waals surface area contributed by atoms with Crippen molar-refractivity contribution in [1.82, 2.24) is 14.5 Å². The normalized spacial score (nSPS) is 11.1. The minimum absolute atomic E-state index is 0.0625. The number of nitrogens with one attached hydrogen (secondary N) is 1. The Hall–Kier alpha value is -2.86. The minimum atomic E-state index is -0.120. The van der Waals surface area contributed by atoms with Gasteiger partial charge in [0, 0.05) is 32.7 Å². The Bertz CT molecular complexity index is 1000. The number of benzene rings is 2. The monoisotopic (exact) mass is 380 g/mol. The average molecular weight is 380 g/mol. The first-order valence-electron chi connectivity index (χ1n) is 9.45. The molecule has 6 nitrogen and oxygen atoms in total. The molecule has 0 saturated carbocycles. The average Bonchev–Trinajstić information content (AvgIpc) is 2.95. The number of fused-ring (bicyclic) bond motifs is 1. The van der Waals surface area contributed by atoms with Crippen molar-refractivity contribution in [2.45, 2.75) is 27.3 Å². The number of aliphatic hydroxyl groups excluding tert-OH is 1. The lowest BCUT2D eigenvalue weighted by Crippen LogP contribution is -2.29. The Morgan fingerprint density at radius 3 is 2.54 bits per heavy atom. The molecule has 2 N–H and O–H groups in total. The molecular formula is C22H28N4O2. The van der Waals surface area contributed by atoms with E-state index in [1.807, 2.05) is 30.7 Å². The maximum atomic E-state index is 12.8. The zero-order chi connectivity index (χ0) is 20.4. The first-order chi connectivity index (χ1) is 13.3. The van der Waals surface area contributed by atoms with Crippen molar-refractivity contribution in [3.05, 3.63) is 58.4 Å². The van der Waals surface area contributed by atoms with Crippen molar-refractivity contribution in [2.75, 3.05) is 25.5 Å². The standard InChI is InChI=1S/C22H28N4O2/c1-14-7-6-8-15(2)18(14)13-23-19-11-17(22(28)25(4)9-10-27)12-20-21(19)24-16(3)26(20)5/h6-8,11-12,23,27H,9-10,13H2,1-5H3. The molecule has 0 aliphatic carbocycles. The summed E-state index contributed by atoms with van der Waals surface area (Å²) in [6.45, 7) is 7.06. The number of likely N-dealkylation sites (N-methyl/N-ethyl adjacent to an activating group) is 1. The van der Waals surface area contributed by atoms with Gasteiger partial charge >= 0.3 is 0 Å².